The lowest BCUT2D eigenvalue weighted by molar-refractivity contribution is -0.301. The van der Waals surface area contributed by atoms with Gasteiger partial charge in [0.2, 0.25) is 0 Å². The summed E-state index contributed by atoms with van der Waals surface area (Å²) in [4.78, 5) is 42.1. The number of hydrogen-bond acceptors (Lipinski definition) is 14. The Hall–Kier alpha value is -1.79. The molecule has 3 heterocycles. The molecule has 3 fully saturated rings. The molecular formula is C26H44N2O13. The zero-order chi connectivity index (χ0) is 29.9. The van der Waals surface area contributed by atoms with Crippen molar-refractivity contribution >= 4 is 17.8 Å². The van der Waals surface area contributed by atoms with Crippen molar-refractivity contribution < 1.29 is 63.7 Å². The summed E-state index contributed by atoms with van der Waals surface area (Å²) in [5.74, 6) is -1.69. The van der Waals surface area contributed by atoms with Crippen LogP contribution in [0.3, 0.4) is 0 Å². The summed E-state index contributed by atoms with van der Waals surface area (Å²) < 4.78 is 22.5. The standard InChI is InChI=1S/C26H44N2O13/c1-16-6-7-17(30)25(39-16)37-13-11-27(12-14-38-26-24(36)23(35)22(34)18(15-29)40-26)10-4-2-3-5-21(33)41-28-19(31)8-9-20(28)32/h16-18,22-26,29-30,34-36H,2-15H2,1H3/t16-,17-,18+,22+,23-,24-,25+,26-/m0/s1. The molecule has 0 aromatic rings. The molecule has 0 saturated carbocycles. The number of carbonyl (C=O) groups excluding carboxylic acids is 3. The largest absolute Gasteiger partial charge is 0.394 e. The molecule has 0 aromatic carbocycles. The molecule has 3 saturated heterocycles. The highest BCUT2D eigenvalue weighted by molar-refractivity contribution is 6.01. The second-order valence-corrected chi connectivity index (χ2v) is 10.6. The fraction of sp³-hybridized carbons (Fsp3) is 0.885. The molecule has 15 heteroatoms. The first-order valence-electron chi connectivity index (χ1n) is 14.3. The highest BCUT2D eigenvalue weighted by Crippen LogP contribution is 2.22. The van der Waals surface area contributed by atoms with Gasteiger partial charge in [-0.3, -0.25) is 14.5 Å². The maximum atomic E-state index is 12.0. The molecule has 2 amide bonds. The van der Waals surface area contributed by atoms with Crippen LogP contribution < -0.4 is 0 Å². The van der Waals surface area contributed by atoms with Crippen LogP contribution in [0.2, 0.25) is 0 Å². The summed E-state index contributed by atoms with van der Waals surface area (Å²) in [5.41, 5.74) is 0. The summed E-state index contributed by atoms with van der Waals surface area (Å²) in [6.45, 7) is 3.14. The molecule has 0 aromatic heterocycles. The number of hydrogen-bond donors (Lipinski definition) is 5. The molecule has 0 aliphatic carbocycles. The molecule has 236 valence electrons. The van der Waals surface area contributed by atoms with E-state index < -0.39 is 67.5 Å². The maximum absolute atomic E-state index is 12.0. The Morgan fingerprint density at radius 2 is 1.54 bits per heavy atom. The lowest BCUT2D eigenvalue weighted by Gasteiger charge is -2.39. The van der Waals surface area contributed by atoms with E-state index in [-0.39, 0.29) is 38.6 Å². The molecule has 5 N–H and O–H groups in total. The Kier molecular flexibility index (Phi) is 13.8. The van der Waals surface area contributed by atoms with Gasteiger partial charge in [-0.05, 0) is 39.2 Å². The zero-order valence-corrected chi connectivity index (χ0v) is 23.4. The summed E-state index contributed by atoms with van der Waals surface area (Å²) in [6, 6.07) is 0. The van der Waals surface area contributed by atoms with E-state index in [9.17, 15) is 39.9 Å². The van der Waals surface area contributed by atoms with Crippen LogP contribution in [0, 0.1) is 0 Å². The number of ether oxygens (including phenoxy) is 4. The third-order valence-electron chi connectivity index (χ3n) is 7.33. The van der Waals surface area contributed by atoms with E-state index in [1.54, 1.807) is 0 Å². The molecule has 3 aliphatic rings. The van der Waals surface area contributed by atoms with Gasteiger partial charge in [-0.1, -0.05) is 6.42 Å². The Labute approximate surface area is 238 Å². The Morgan fingerprint density at radius 1 is 0.878 bits per heavy atom. The van der Waals surface area contributed by atoms with Crippen LogP contribution in [-0.4, -0.2) is 142 Å². The smallest absolute Gasteiger partial charge is 0.333 e. The topological polar surface area (TPSA) is 205 Å². The van der Waals surface area contributed by atoms with Crippen molar-refractivity contribution in [3.63, 3.8) is 0 Å². The van der Waals surface area contributed by atoms with Gasteiger partial charge < -0.3 is 49.3 Å². The van der Waals surface area contributed by atoms with Crippen LogP contribution in [0.1, 0.15) is 58.3 Å². The number of aliphatic hydroxyl groups excluding tert-OH is 5. The van der Waals surface area contributed by atoms with Gasteiger partial charge in [0.25, 0.3) is 11.8 Å². The van der Waals surface area contributed by atoms with Crippen LogP contribution >= 0.6 is 0 Å². The number of imide groups is 1. The van der Waals surface area contributed by atoms with Gasteiger partial charge in [-0.25, -0.2) is 4.79 Å². The Bertz CT molecular complexity index is 830. The summed E-state index contributed by atoms with van der Waals surface area (Å²) >= 11 is 0. The zero-order valence-electron chi connectivity index (χ0n) is 23.4. The SMILES string of the molecule is C[C@H]1CC[C@H](O)[C@H](OCCN(CCCCCC(=O)ON2C(=O)CCC2=O)CCO[C@H]2O[C@H](CO)[C@@H](O)[C@H](O)[C@@H]2O)O1. The highest BCUT2D eigenvalue weighted by Gasteiger charge is 2.44. The normalized spacial score (nSPS) is 32.6. The fourth-order valence-corrected chi connectivity index (χ4v) is 4.80. The average molecular weight is 593 g/mol. The van der Waals surface area contributed by atoms with Crippen molar-refractivity contribution in [2.75, 3.05) is 39.5 Å². The first-order valence-corrected chi connectivity index (χ1v) is 14.3. The van der Waals surface area contributed by atoms with Gasteiger partial charge in [-0.2, -0.15) is 0 Å². The monoisotopic (exact) mass is 592 g/mol. The first-order chi connectivity index (χ1) is 19.6. The number of hydroxylamine groups is 2. The van der Waals surface area contributed by atoms with Gasteiger partial charge in [-0.15, -0.1) is 5.06 Å². The van der Waals surface area contributed by atoms with E-state index in [4.69, 9.17) is 23.8 Å². The van der Waals surface area contributed by atoms with Gasteiger partial charge >= 0.3 is 5.97 Å². The number of rotatable bonds is 16. The Balaban J connectivity index is 1.42. The summed E-state index contributed by atoms with van der Waals surface area (Å²) in [7, 11) is 0. The van der Waals surface area contributed by atoms with Crippen molar-refractivity contribution in [3.05, 3.63) is 0 Å². The molecule has 8 atom stereocenters. The van der Waals surface area contributed by atoms with Crippen LogP contribution in [0.4, 0.5) is 0 Å². The number of aliphatic hydroxyl groups is 5. The minimum atomic E-state index is -1.53. The lowest BCUT2D eigenvalue weighted by Crippen LogP contribution is -2.59. The van der Waals surface area contributed by atoms with Crippen molar-refractivity contribution in [2.24, 2.45) is 0 Å². The van der Waals surface area contributed by atoms with Gasteiger partial charge in [0.1, 0.15) is 30.5 Å². The number of nitrogens with zero attached hydrogens (tertiary/aromatic N) is 2. The van der Waals surface area contributed by atoms with Gasteiger partial charge in [0.05, 0.1) is 25.9 Å². The third-order valence-corrected chi connectivity index (χ3v) is 7.33. The number of amides is 2. The van der Waals surface area contributed by atoms with Crippen LogP contribution in [0.25, 0.3) is 0 Å². The van der Waals surface area contributed by atoms with E-state index >= 15 is 0 Å². The Morgan fingerprint density at radius 3 is 2.20 bits per heavy atom. The fourth-order valence-electron chi connectivity index (χ4n) is 4.80. The van der Waals surface area contributed by atoms with Crippen molar-refractivity contribution in [1.29, 1.82) is 0 Å². The van der Waals surface area contributed by atoms with Crippen LogP contribution in [0.15, 0.2) is 0 Å². The van der Waals surface area contributed by atoms with Gasteiger partial charge in [0.15, 0.2) is 12.6 Å². The molecule has 41 heavy (non-hydrogen) atoms. The molecule has 3 aliphatic heterocycles. The molecular weight excluding hydrogens is 548 g/mol. The predicted octanol–water partition coefficient (Wildman–Crippen LogP) is -1.82. The molecule has 3 rings (SSSR count). The maximum Gasteiger partial charge on any atom is 0.333 e. The van der Waals surface area contributed by atoms with E-state index in [2.05, 4.69) is 0 Å². The number of unbranched alkanes of at least 4 members (excludes halogenated alkanes) is 2. The van der Waals surface area contributed by atoms with E-state index in [0.29, 0.717) is 50.4 Å². The van der Waals surface area contributed by atoms with E-state index in [1.807, 2.05) is 11.8 Å². The van der Waals surface area contributed by atoms with Crippen molar-refractivity contribution in [3.8, 4) is 0 Å². The molecule has 0 bridgehead atoms. The summed E-state index contributed by atoms with van der Waals surface area (Å²) in [5, 5.41) is 50.1. The quantitative estimate of drug-likeness (QED) is 0.0989. The van der Waals surface area contributed by atoms with E-state index in [1.165, 1.54) is 0 Å². The second-order valence-electron chi connectivity index (χ2n) is 10.6. The van der Waals surface area contributed by atoms with Crippen LogP contribution in [0.5, 0.6) is 0 Å². The molecule has 0 radical (unpaired) electrons. The minimum absolute atomic E-state index is 0.0140. The second kappa shape index (κ2) is 16.7. The predicted molar refractivity (Wildman–Crippen MR) is 137 cm³/mol. The molecule has 0 unspecified atom stereocenters. The van der Waals surface area contributed by atoms with Crippen molar-refractivity contribution in [1.82, 2.24) is 9.96 Å². The molecule has 0 spiro atoms. The third kappa shape index (κ3) is 10.2. The van der Waals surface area contributed by atoms with Crippen molar-refractivity contribution in [2.45, 2.75) is 107 Å². The first kappa shape index (κ1) is 33.7. The van der Waals surface area contributed by atoms with Gasteiger partial charge in [0, 0.05) is 32.4 Å². The number of carbonyl (C=O) groups is 3. The molecule has 15 nitrogen and oxygen atoms in total. The summed E-state index contributed by atoms with van der Waals surface area (Å²) in [6.07, 6.45) is -4.95. The minimum Gasteiger partial charge on any atom is -0.394 e. The lowest BCUT2D eigenvalue weighted by atomic mass is 9.99. The van der Waals surface area contributed by atoms with E-state index in [0.717, 1.165) is 6.42 Å². The van der Waals surface area contributed by atoms with Crippen LogP contribution in [-0.2, 0) is 38.2 Å². The highest BCUT2D eigenvalue weighted by atomic mass is 16.7. The average Bonchev–Trinajstić information content (AvgIpc) is 3.26.